The van der Waals surface area contributed by atoms with Gasteiger partial charge in [0, 0.05) is 22.5 Å². The third kappa shape index (κ3) is 5.99. The number of amides is 1. The Kier molecular flexibility index (Phi) is 9.05. The van der Waals surface area contributed by atoms with Gasteiger partial charge in [0.25, 0.3) is 0 Å². The maximum atomic E-state index is 13.0. The van der Waals surface area contributed by atoms with Crippen molar-refractivity contribution >= 4 is 40.0 Å². The van der Waals surface area contributed by atoms with Crippen LogP contribution < -0.4 is 14.8 Å². The summed E-state index contributed by atoms with van der Waals surface area (Å²) in [6.45, 7) is 6.20. The lowest BCUT2D eigenvalue weighted by Gasteiger charge is -2.11. The van der Waals surface area contributed by atoms with Gasteiger partial charge in [0.05, 0.1) is 27.1 Å². The average molecular weight is 565 g/mol. The van der Waals surface area contributed by atoms with Gasteiger partial charge in [-0.05, 0) is 30.7 Å². The number of methoxy groups -OCH3 is 3. The number of esters is 1. The highest BCUT2D eigenvalue weighted by Crippen LogP contribution is 2.40. The standard InChI is InChI=1S/C28H28N4O5S2/c1-6-14-32-25(19-12-13-20(35-3)21(15-19)36-4)30-31-28(32)38-16-22(33)29-26-24(27(34)37-5)23(17(2)39-26)18-10-8-7-9-11-18/h6-13,15H,1,14,16H2,2-5H3,(H,29,33). The second-order valence-electron chi connectivity index (χ2n) is 8.21. The predicted molar refractivity (Wildman–Crippen MR) is 154 cm³/mol. The van der Waals surface area contributed by atoms with Gasteiger partial charge in [-0.3, -0.25) is 9.36 Å². The molecule has 0 atom stereocenters. The van der Waals surface area contributed by atoms with Crippen LogP contribution in [0.5, 0.6) is 11.5 Å². The van der Waals surface area contributed by atoms with Gasteiger partial charge in [-0.1, -0.05) is 48.2 Å². The molecule has 0 aliphatic rings. The van der Waals surface area contributed by atoms with Crippen LogP contribution in [0.2, 0.25) is 0 Å². The number of aryl methyl sites for hydroxylation is 1. The first kappa shape index (κ1) is 27.9. The van der Waals surface area contributed by atoms with Crippen LogP contribution in [0, 0.1) is 6.92 Å². The smallest absolute Gasteiger partial charge is 0.341 e. The Hall–Kier alpha value is -4.09. The Bertz CT molecular complexity index is 1500. The van der Waals surface area contributed by atoms with Crippen molar-refractivity contribution in [3.63, 3.8) is 0 Å². The van der Waals surface area contributed by atoms with Gasteiger partial charge < -0.3 is 19.5 Å². The van der Waals surface area contributed by atoms with Gasteiger partial charge in [-0.15, -0.1) is 28.1 Å². The summed E-state index contributed by atoms with van der Waals surface area (Å²) in [4.78, 5) is 26.6. The van der Waals surface area contributed by atoms with E-state index in [4.69, 9.17) is 14.2 Å². The molecule has 11 heteroatoms. The number of nitrogens with one attached hydrogen (secondary N) is 1. The summed E-state index contributed by atoms with van der Waals surface area (Å²) in [6, 6.07) is 15.0. The van der Waals surface area contributed by atoms with E-state index in [0.29, 0.717) is 39.6 Å². The van der Waals surface area contributed by atoms with E-state index < -0.39 is 5.97 Å². The van der Waals surface area contributed by atoms with Crippen molar-refractivity contribution in [1.29, 1.82) is 0 Å². The minimum Gasteiger partial charge on any atom is -0.493 e. The normalized spacial score (nSPS) is 10.7. The van der Waals surface area contributed by atoms with Crippen molar-refractivity contribution in [3.8, 4) is 34.0 Å². The zero-order chi connectivity index (χ0) is 27.9. The minimum atomic E-state index is -0.508. The number of carbonyl (C=O) groups is 2. The summed E-state index contributed by atoms with van der Waals surface area (Å²) in [7, 11) is 4.47. The number of hydrogen-bond acceptors (Lipinski definition) is 9. The van der Waals surface area contributed by atoms with E-state index >= 15 is 0 Å². The zero-order valence-corrected chi connectivity index (χ0v) is 23.6. The van der Waals surface area contributed by atoms with Gasteiger partial charge in [-0.2, -0.15) is 0 Å². The topological polar surface area (TPSA) is 105 Å². The van der Waals surface area contributed by atoms with Crippen LogP contribution in [0.15, 0.2) is 66.3 Å². The summed E-state index contributed by atoms with van der Waals surface area (Å²) in [6.07, 6.45) is 1.74. The highest BCUT2D eigenvalue weighted by Gasteiger charge is 2.25. The SMILES string of the molecule is C=CCn1c(SCC(=O)Nc2sc(C)c(-c3ccccc3)c2C(=O)OC)nnc1-c1ccc(OC)c(OC)c1. The third-order valence-electron chi connectivity index (χ3n) is 5.79. The van der Waals surface area contributed by atoms with Crippen molar-refractivity contribution in [2.24, 2.45) is 0 Å². The van der Waals surface area contributed by atoms with Gasteiger partial charge in [0.1, 0.15) is 10.6 Å². The van der Waals surface area contributed by atoms with Gasteiger partial charge in [0.15, 0.2) is 22.5 Å². The van der Waals surface area contributed by atoms with Crippen molar-refractivity contribution in [2.75, 3.05) is 32.4 Å². The molecule has 4 rings (SSSR count). The first-order chi connectivity index (χ1) is 18.9. The van der Waals surface area contributed by atoms with E-state index in [-0.39, 0.29) is 11.7 Å². The van der Waals surface area contributed by atoms with E-state index in [0.717, 1.165) is 21.6 Å². The second kappa shape index (κ2) is 12.6. The number of benzene rings is 2. The largest absolute Gasteiger partial charge is 0.493 e. The average Bonchev–Trinajstić information content (AvgIpc) is 3.51. The molecule has 0 aliphatic heterocycles. The Morgan fingerprint density at radius 1 is 1.05 bits per heavy atom. The number of thiophene rings is 1. The molecule has 2 heterocycles. The molecule has 0 unspecified atom stereocenters. The van der Waals surface area contributed by atoms with E-state index in [1.54, 1.807) is 26.4 Å². The molecule has 4 aromatic rings. The molecular weight excluding hydrogens is 536 g/mol. The molecule has 0 spiro atoms. The predicted octanol–water partition coefficient (Wildman–Crippen LogP) is 5.70. The summed E-state index contributed by atoms with van der Waals surface area (Å²) in [5.41, 5.74) is 2.75. The van der Waals surface area contributed by atoms with E-state index in [1.807, 2.05) is 54.0 Å². The fourth-order valence-electron chi connectivity index (χ4n) is 4.05. The Morgan fingerprint density at radius 3 is 2.46 bits per heavy atom. The lowest BCUT2D eigenvalue weighted by atomic mass is 10.0. The number of hydrogen-bond donors (Lipinski definition) is 1. The second-order valence-corrected chi connectivity index (χ2v) is 10.4. The van der Waals surface area contributed by atoms with Crippen molar-refractivity contribution < 1.29 is 23.8 Å². The number of rotatable bonds is 11. The third-order valence-corrected chi connectivity index (χ3v) is 7.78. The molecule has 0 saturated carbocycles. The molecule has 0 saturated heterocycles. The molecule has 202 valence electrons. The van der Waals surface area contributed by atoms with E-state index in [2.05, 4.69) is 22.1 Å². The molecule has 0 fully saturated rings. The maximum absolute atomic E-state index is 13.0. The Morgan fingerprint density at radius 2 is 1.79 bits per heavy atom. The molecular formula is C28H28N4O5S2. The fraction of sp³-hybridized carbons (Fsp3) is 0.214. The molecule has 2 aromatic heterocycles. The number of thioether (sulfide) groups is 1. The molecule has 0 radical (unpaired) electrons. The number of anilines is 1. The number of nitrogens with zero attached hydrogens (tertiary/aromatic N) is 3. The first-order valence-electron chi connectivity index (χ1n) is 11.9. The van der Waals surface area contributed by atoms with Crippen LogP contribution in [-0.2, 0) is 16.1 Å². The summed E-state index contributed by atoms with van der Waals surface area (Å²) in [5, 5.41) is 12.6. The summed E-state index contributed by atoms with van der Waals surface area (Å²) >= 11 is 2.57. The molecule has 39 heavy (non-hydrogen) atoms. The molecule has 0 bridgehead atoms. The lowest BCUT2D eigenvalue weighted by Crippen LogP contribution is -2.16. The van der Waals surface area contributed by atoms with Crippen LogP contribution >= 0.6 is 23.1 Å². The highest BCUT2D eigenvalue weighted by molar-refractivity contribution is 7.99. The van der Waals surface area contributed by atoms with Crippen LogP contribution in [0.3, 0.4) is 0 Å². The zero-order valence-electron chi connectivity index (χ0n) is 22.0. The minimum absolute atomic E-state index is 0.0550. The monoisotopic (exact) mass is 564 g/mol. The van der Waals surface area contributed by atoms with Crippen LogP contribution in [0.25, 0.3) is 22.5 Å². The van der Waals surface area contributed by atoms with E-state index in [1.165, 1.54) is 30.2 Å². The maximum Gasteiger partial charge on any atom is 0.341 e. The quantitative estimate of drug-likeness (QED) is 0.141. The molecule has 1 amide bonds. The van der Waals surface area contributed by atoms with Crippen LogP contribution in [0.1, 0.15) is 15.2 Å². The van der Waals surface area contributed by atoms with Crippen molar-refractivity contribution in [1.82, 2.24) is 14.8 Å². The molecule has 2 aromatic carbocycles. The molecule has 9 nitrogen and oxygen atoms in total. The number of aromatic nitrogens is 3. The van der Waals surface area contributed by atoms with Crippen LogP contribution in [-0.4, -0.2) is 53.7 Å². The number of allylic oxidation sites excluding steroid dienone is 1. The van der Waals surface area contributed by atoms with E-state index in [9.17, 15) is 9.59 Å². The molecule has 0 aliphatic carbocycles. The van der Waals surface area contributed by atoms with Gasteiger partial charge >= 0.3 is 5.97 Å². The number of ether oxygens (including phenoxy) is 3. The van der Waals surface area contributed by atoms with Gasteiger partial charge in [-0.25, -0.2) is 4.79 Å². The Balaban J connectivity index is 1.56. The number of carbonyl (C=O) groups excluding carboxylic acids is 2. The highest BCUT2D eigenvalue weighted by atomic mass is 32.2. The summed E-state index contributed by atoms with van der Waals surface area (Å²) < 4.78 is 17.7. The first-order valence-corrected chi connectivity index (χ1v) is 13.7. The lowest BCUT2D eigenvalue weighted by molar-refractivity contribution is -0.113. The molecule has 1 N–H and O–H groups in total. The summed E-state index contributed by atoms with van der Waals surface area (Å²) in [5.74, 6) is 1.04. The van der Waals surface area contributed by atoms with Crippen LogP contribution in [0.4, 0.5) is 5.00 Å². The Labute approximate surface area is 234 Å². The fourth-order valence-corrected chi connectivity index (χ4v) is 5.88. The van der Waals surface area contributed by atoms with Crippen molar-refractivity contribution in [2.45, 2.75) is 18.6 Å². The van der Waals surface area contributed by atoms with Gasteiger partial charge in [0.2, 0.25) is 5.91 Å². The van der Waals surface area contributed by atoms with Crippen molar-refractivity contribution in [3.05, 3.63) is 71.6 Å².